The highest BCUT2D eigenvalue weighted by Crippen LogP contribution is 2.37. The van der Waals surface area contributed by atoms with Gasteiger partial charge in [0.1, 0.15) is 16.4 Å². The molecule has 1 N–H and O–H groups in total. The van der Waals surface area contributed by atoms with E-state index in [-0.39, 0.29) is 23.0 Å². The average molecular weight is 559 g/mol. The Hall–Kier alpha value is -3.02. The summed E-state index contributed by atoms with van der Waals surface area (Å²) < 4.78 is 20.4. The molecule has 0 radical (unpaired) electrons. The molecule has 7 nitrogen and oxygen atoms in total. The summed E-state index contributed by atoms with van der Waals surface area (Å²) in [5.41, 5.74) is 2.50. The van der Waals surface area contributed by atoms with E-state index in [9.17, 15) is 14.0 Å². The molecule has 3 heterocycles. The molecule has 0 saturated carbocycles. The zero-order chi connectivity index (χ0) is 26.5. The van der Waals surface area contributed by atoms with Gasteiger partial charge in [-0.05, 0) is 36.1 Å². The summed E-state index contributed by atoms with van der Waals surface area (Å²) in [7, 11) is 1.28. The van der Waals surface area contributed by atoms with Gasteiger partial charge < -0.3 is 14.6 Å². The van der Waals surface area contributed by atoms with Crippen LogP contribution < -0.4 is 5.32 Å². The number of anilines is 1. The van der Waals surface area contributed by atoms with E-state index in [2.05, 4.69) is 47.7 Å². The van der Waals surface area contributed by atoms with E-state index in [1.54, 1.807) is 28.8 Å². The maximum Gasteiger partial charge on any atom is 0.341 e. The molecule has 0 aliphatic rings. The van der Waals surface area contributed by atoms with Crippen LogP contribution in [0.5, 0.6) is 0 Å². The zero-order valence-corrected chi connectivity index (χ0v) is 23.4. The number of rotatable bonds is 10. The monoisotopic (exact) mass is 558 g/mol. The minimum atomic E-state index is -0.576. The van der Waals surface area contributed by atoms with Crippen molar-refractivity contribution in [2.45, 2.75) is 44.8 Å². The maximum absolute atomic E-state index is 13.4. The molecule has 0 aliphatic carbocycles. The van der Waals surface area contributed by atoms with Gasteiger partial charge in [0.25, 0.3) is 0 Å². The predicted molar refractivity (Wildman–Crippen MR) is 148 cm³/mol. The second-order valence-corrected chi connectivity index (χ2v) is 11.3. The normalized spacial score (nSPS) is 11.2. The molecule has 1 aromatic carbocycles. The third-order valence-corrected chi connectivity index (χ3v) is 8.63. The van der Waals surface area contributed by atoms with Crippen molar-refractivity contribution in [3.63, 3.8) is 0 Å². The van der Waals surface area contributed by atoms with Crippen molar-refractivity contribution >= 4 is 51.3 Å². The fraction of sp³-hybridized carbons (Fsp3) is 0.308. The van der Waals surface area contributed by atoms with Gasteiger partial charge in [-0.3, -0.25) is 4.79 Å². The summed E-state index contributed by atoms with van der Waals surface area (Å²) in [4.78, 5) is 26.7. The number of thioether (sulfide) groups is 1. The highest BCUT2D eigenvalue weighted by molar-refractivity contribution is 7.99. The van der Waals surface area contributed by atoms with Crippen molar-refractivity contribution < 1.29 is 18.7 Å². The molecule has 37 heavy (non-hydrogen) atoms. The Bertz CT molecular complexity index is 1390. The molecular weight excluding hydrogens is 532 g/mol. The fourth-order valence-corrected chi connectivity index (χ4v) is 6.34. The lowest BCUT2D eigenvalue weighted by atomic mass is 10.0. The molecule has 4 aromatic rings. The van der Waals surface area contributed by atoms with Crippen LogP contribution in [-0.4, -0.2) is 39.5 Å². The van der Waals surface area contributed by atoms with Crippen LogP contribution in [0.3, 0.4) is 0 Å². The van der Waals surface area contributed by atoms with Gasteiger partial charge in [0.15, 0.2) is 11.0 Å². The molecule has 0 fully saturated rings. The van der Waals surface area contributed by atoms with E-state index < -0.39 is 5.97 Å². The first kappa shape index (κ1) is 27.0. The van der Waals surface area contributed by atoms with Gasteiger partial charge in [-0.15, -0.1) is 32.9 Å². The SMILES string of the molecule is CCCn1c(SCC(=O)Nc2scc(-c3ccc(F)cc3)c2C(=O)OC)nnc1-c1csc(C(C)C)c1. The average Bonchev–Trinajstić information content (AvgIpc) is 3.62. The number of thiophene rings is 2. The van der Waals surface area contributed by atoms with Crippen LogP contribution >= 0.6 is 34.4 Å². The lowest BCUT2D eigenvalue weighted by Crippen LogP contribution is -2.16. The first-order valence-electron chi connectivity index (χ1n) is 11.7. The number of carbonyl (C=O) groups excluding carboxylic acids is 2. The van der Waals surface area contributed by atoms with Crippen LogP contribution in [-0.2, 0) is 16.1 Å². The van der Waals surface area contributed by atoms with E-state index in [1.165, 1.54) is 47.2 Å². The predicted octanol–water partition coefficient (Wildman–Crippen LogP) is 6.93. The molecule has 0 spiro atoms. The van der Waals surface area contributed by atoms with Crippen LogP contribution in [0.15, 0.2) is 46.2 Å². The Morgan fingerprint density at radius 3 is 2.54 bits per heavy atom. The van der Waals surface area contributed by atoms with Crippen molar-refractivity contribution in [1.29, 1.82) is 0 Å². The van der Waals surface area contributed by atoms with Crippen LogP contribution in [0.25, 0.3) is 22.5 Å². The Kier molecular flexibility index (Phi) is 8.78. The van der Waals surface area contributed by atoms with Crippen molar-refractivity contribution in [3.05, 3.63) is 57.3 Å². The van der Waals surface area contributed by atoms with Gasteiger partial charge >= 0.3 is 5.97 Å². The van der Waals surface area contributed by atoms with Gasteiger partial charge in [0.2, 0.25) is 5.91 Å². The summed E-state index contributed by atoms with van der Waals surface area (Å²) in [5, 5.41) is 16.5. The summed E-state index contributed by atoms with van der Waals surface area (Å²) in [6, 6.07) is 7.96. The van der Waals surface area contributed by atoms with Crippen LogP contribution in [0.1, 0.15) is 48.3 Å². The molecule has 1 amide bonds. The van der Waals surface area contributed by atoms with Gasteiger partial charge in [0.05, 0.1) is 12.9 Å². The number of carbonyl (C=O) groups is 2. The van der Waals surface area contributed by atoms with Crippen molar-refractivity contribution in [2.75, 3.05) is 18.2 Å². The second-order valence-electron chi connectivity index (χ2n) is 8.54. The van der Waals surface area contributed by atoms with Gasteiger partial charge in [-0.1, -0.05) is 44.7 Å². The number of esters is 1. The topological polar surface area (TPSA) is 86.1 Å². The third kappa shape index (κ3) is 6.11. The Morgan fingerprint density at radius 2 is 1.89 bits per heavy atom. The lowest BCUT2D eigenvalue weighted by molar-refractivity contribution is -0.113. The van der Waals surface area contributed by atoms with E-state index in [0.29, 0.717) is 27.2 Å². The van der Waals surface area contributed by atoms with Crippen molar-refractivity contribution in [1.82, 2.24) is 14.8 Å². The molecule has 0 unspecified atom stereocenters. The fourth-order valence-electron chi connectivity index (χ4n) is 3.70. The second kappa shape index (κ2) is 12.0. The maximum atomic E-state index is 13.4. The molecule has 0 bridgehead atoms. The molecular formula is C26H27FN4O3S3. The summed E-state index contributed by atoms with van der Waals surface area (Å²) in [5.74, 6) is 0.0909. The van der Waals surface area contributed by atoms with Crippen LogP contribution in [0.2, 0.25) is 0 Å². The van der Waals surface area contributed by atoms with Crippen LogP contribution in [0, 0.1) is 5.82 Å². The first-order valence-corrected chi connectivity index (χ1v) is 14.5. The third-order valence-electron chi connectivity index (χ3n) is 5.53. The largest absolute Gasteiger partial charge is 0.465 e. The number of nitrogens with one attached hydrogen (secondary N) is 1. The summed E-state index contributed by atoms with van der Waals surface area (Å²) >= 11 is 4.22. The van der Waals surface area contributed by atoms with Gasteiger partial charge in [-0.2, -0.15) is 0 Å². The number of nitrogens with zero attached hydrogens (tertiary/aromatic N) is 3. The Balaban J connectivity index is 1.51. The van der Waals surface area contributed by atoms with Gasteiger partial charge in [0, 0.05) is 33.3 Å². The van der Waals surface area contributed by atoms with E-state index in [1.807, 2.05) is 4.57 Å². The van der Waals surface area contributed by atoms with Crippen molar-refractivity contribution in [2.24, 2.45) is 0 Å². The highest BCUT2D eigenvalue weighted by Gasteiger charge is 2.23. The summed E-state index contributed by atoms with van der Waals surface area (Å²) in [6.07, 6.45) is 0.899. The minimum Gasteiger partial charge on any atom is -0.465 e. The van der Waals surface area contributed by atoms with Crippen molar-refractivity contribution in [3.8, 4) is 22.5 Å². The van der Waals surface area contributed by atoms with E-state index >= 15 is 0 Å². The minimum absolute atomic E-state index is 0.0904. The number of ether oxygens (including phenoxy) is 1. The number of methoxy groups -OCH3 is 1. The number of amides is 1. The van der Waals surface area contributed by atoms with E-state index in [4.69, 9.17) is 4.74 Å². The Labute approximate surface area is 227 Å². The Morgan fingerprint density at radius 1 is 1.14 bits per heavy atom. The lowest BCUT2D eigenvalue weighted by Gasteiger charge is -2.09. The number of hydrogen-bond acceptors (Lipinski definition) is 8. The number of hydrogen-bond donors (Lipinski definition) is 1. The molecule has 4 rings (SSSR count). The molecule has 194 valence electrons. The molecule has 0 aliphatic heterocycles. The van der Waals surface area contributed by atoms with Crippen LogP contribution in [0.4, 0.5) is 9.39 Å². The standard InChI is InChI=1S/C26H27FN4O3S3/c1-5-10-31-23(17-11-20(15(2)3)35-12-17)29-30-26(31)37-14-21(32)28-24-22(25(33)34-4)19(13-36-24)16-6-8-18(27)9-7-16/h6-9,11-13,15H,5,10,14H2,1-4H3,(H,28,32). The smallest absolute Gasteiger partial charge is 0.341 e. The molecule has 0 atom stereocenters. The van der Waals surface area contributed by atoms with Gasteiger partial charge in [-0.25, -0.2) is 9.18 Å². The number of benzene rings is 1. The summed E-state index contributed by atoms with van der Waals surface area (Å²) in [6.45, 7) is 7.14. The highest BCUT2D eigenvalue weighted by atomic mass is 32.2. The number of aromatic nitrogens is 3. The quantitative estimate of drug-likeness (QED) is 0.168. The number of halogens is 1. The molecule has 3 aromatic heterocycles. The molecule has 11 heteroatoms. The first-order chi connectivity index (χ1) is 17.8. The molecule has 0 saturated heterocycles. The van der Waals surface area contributed by atoms with E-state index in [0.717, 1.165) is 24.4 Å². The zero-order valence-electron chi connectivity index (χ0n) is 20.9.